The molecule has 1 aliphatic carbocycles. The Morgan fingerprint density at radius 2 is 2.00 bits per heavy atom. The minimum atomic E-state index is 0.116. The first kappa shape index (κ1) is 14.8. The molecule has 2 fully saturated rings. The van der Waals surface area contributed by atoms with Gasteiger partial charge in [-0.2, -0.15) is 0 Å². The van der Waals surface area contributed by atoms with Crippen LogP contribution in [0.1, 0.15) is 45.4 Å². The number of carbonyl (C=O) groups excluding carboxylic acids is 1. The smallest absolute Gasteiger partial charge is 0.217 e. The maximum Gasteiger partial charge on any atom is 0.217 e. The van der Waals surface area contributed by atoms with E-state index >= 15 is 0 Å². The molecule has 0 aromatic rings. The second-order valence-corrected chi connectivity index (χ2v) is 6.36. The van der Waals surface area contributed by atoms with Gasteiger partial charge in [0, 0.05) is 25.6 Å². The van der Waals surface area contributed by atoms with Gasteiger partial charge < -0.3 is 15.5 Å². The van der Waals surface area contributed by atoms with Crippen molar-refractivity contribution < 1.29 is 4.79 Å². The molecule has 1 saturated heterocycles. The van der Waals surface area contributed by atoms with Crippen molar-refractivity contribution in [1.82, 2.24) is 15.5 Å². The first-order valence-corrected chi connectivity index (χ1v) is 7.83. The number of rotatable bonds is 4. The van der Waals surface area contributed by atoms with Crippen molar-refractivity contribution in [1.29, 1.82) is 0 Å². The van der Waals surface area contributed by atoms with Crippen LogP contribution < -0.4 is 10.6 Å². The highest BCUT2D eigenvalue weighted by Crippen LogP contribution is 2.24. The molecule has 1 unspecified atom stereocenters. The number of piperidine rings is 1. The second kappa shape index (κ2) is 7.25. The fourth-order valence-electron chi connectivity index (χ4n) is 3.58. The normalized spacial score (nSPS) is 32.3. The molecular formula is C15H29N3O. The van der Waals surface area contributed by atoms with Crippen molar-refractivity contribution in [2.75, 3.05) is 26.7 Å². The van der Waals surface area contributed by atoms with Gasteiger partial charge in [-0.25, -0.2) is 0 Å². The molecule has 19 heavy (non-hydrogen) atoms. The molecule has 110 valence electrons. The van der Waals surface area contributed by atoms with Gasteiger partial charge in [0.1, 0.15) is 0 Å². The molecule has 0 aromatic carbocycles. The molecule has 1 aliphatic heterocycles. The highest BCUT2D eigenvalue weighted by molar-refractivity contribution is 5.73. The fourth-order valence-corrected chi connectivity index (χ4v) is 3.58. The van der Waals surface area contributed by atoms with Crippen molar-refractivity contribution in [3.8, 4) is 0 Å². The molecule has 4 nitrogen and oxygen atoms in total. The Morgan fingerprint density at radius 1 is 1.26 bits per heavy atom. The summed E-state index contributed by atoms with van der Waals surface area (Å²) in [6.07, 6.45) is 7.42. The summed E-state index contributed by atoms with van der Waals surface area (Å²) in [6.45, 7) is 5.23. The SMILES string of the molecule is CC(=O)NC1CCC(N(C)CC2CCCNC2)CC1. The van der Waals surface area contributed by atoms with E-state index < -0.39 is 0 Å². The number of carbonyl (C=O) groups is 1. The van der Waals surface area contributed by atoms with E-state index in [1.807, 2.05) is 0 Å². The van der Waals surface area contributed by atoms with Crippen LogP contribution in [0.5, 0.6) is 0 Å². The van der Waals surface area contributed by atoms with Crippen LogP contribution in [0.2, 0.25) is 0 Å². The average molecular weight is 267 g/mol. The van der Waals surface area contributed by atoms with Gasteiger partial charge in [0.15, 0.2) is 0 Å². The lowest BCUT2D eigenvalue weighted by atomic mass is 9.89. The number of nitrogens with zero attached hydrogens (tertiary/aromatic N) is 1. The Bertz CT molecular complexity index is 281. The number of hydrogen-bond acceptors (Lipinski definition) is 3. The first-order chi connectivity index (χ1) is 9.15. The Balaban J connectivity index is 1.69. The Kier molecular flexibility index (Phi) is 5.64. The van der Waals surface area contributed by atoms with Gasteiger partial charge in [-0.05, 0) is 64.6 Å². The van der Waals surface area contributed by atoms with Gasteiger partial charge in [0.25, 0.3) is 0 Å². The first-order valence-electron chi connectivity index (χ1n) is 7.83. The van der Waals surface area contributed by atoms with E-state index in [2.05, 4.69) is 22.6 Å². The molecule has 2 aliphatic rings. The third-order valence-electron chi connectivity index (χ3n) is 4.67. The predicted molar refractivity (Wildman–Crippen MR) is 78.1 cm³/mol. The van der Waals surface area contributed by atoms with Crippen molar-refractivity contribution in [3.63, 3.8) is 0 Å². The topological polar surface area (TPSA) is 44.4 Å². The number of amides is 1. The van der Waals surface area contributed by atoms with Gasteiger partial charge in [-0.3, -0.25) is 4.79 Å². The second-order valence-electron chi connectivity index (χ2n) is 6.36. The summed E-state index contributed by atoms with van der Waals surface area (Å²) in [7, 11) is 2.28. The molecular weight excluding hydrogens is 238 g/mol. The molecule has 0 radical (unpaired) electrons. The van der Waals surface area contributed by atoms with Gasteiger partial charge >= 0.3 is 0 Å². The lowest BCUT2D eigenvalue weighted by Crippen LogP contribution is -2.45. The molecule has 0 bridgehead atoms. The Hall–Kier alpha value is -0.610. The van der Waals surface area contributed by atoms with Crippen LogP contribution in [0.25, 0.3) is 0 Å². The van der Waals surface area contributed by atoms with E-state index in [4.69, 9.17) is 0 Å². The highest BCUT2D eigenvalue weighted by Gasteiger charge is 2.26. The molecule has 1 heterocycles. The van der Waals surface area contributed by atoms with Gasteiger partial charge in [-0.1, -0.05) is 0 Å². The van der Waals surface area contributed by atoms with E-state index in [9.17, 15) is 4.79 Å². The average Bonchev–Trinajstić information content (AvgIpc) is 2.40. The Morgan fingerprint density at radius 3 is 2.58 bits per heavy atom. The standard InChI is InChI=1S/C15H29N3O/c1-12(19)17-14-5-7-15(8-6-14)18(2)11-13-4-3-9-16-10-13/h13-16H,3-11H2,1-2H3,(H,17,19). The number of nitrogens with one attached hydrogen (secondary N) is 2. The van der Waals surface area contributed by atoms with E-state index in [0.717, 1.165) is 18.8 Å². The largest absolute Gasteiger partial charge is 0.354 e. The summed E-state index contributed by atoms with van der Waals surface area (Å²) in [5.41, 5.74) is 0. The maximum atomic E-state index is 11.1. The molecule has 0 spiro atoms. The molecule has 4 heteroatoms. The van der Waals surface area contributed by atoms with Crippen LogP contribution in [0.4, 0.5) is 0 Å². The molecule has 1 amide bonds. The third kappa shape index (κ3) is 4.77. The third-order valence-corrected chi connectivity index (χ3v) is 4.67. The predicted octanol–water partition coefficient (Wildman–Crippen LogP) is 1.37. The van der Waals surface area contributed by atoms with E-state index in [1.165, 1.54) is 45.3 Å². The van der Waals surface area contributed by atoms with Crippen molar-refractivity contribution in [2.45, 2.75) is 57.5 Å². The molecule has 1 saturated carbocycles. The number of hydrogen-bond donors (Lipinski definition) is 2. The fraction of sp³-hybridized carbons (Fsp3) is 0.933. The zero-order valence-corrected chi connectivity index (χ0v) is 12.5. The zero-order chi connectivity index (χ0) is 13.7. The summed E-state index contributed by atoms with van der Waals surface area (Å²) >= 11 is 0. The van der Waals surface area contributed by atoms with Crippen molar-refractivity contribution in [3.05, 3.63) is 0 Å². The van der Waals surface area contributed by atoms with Crippen LogP contribution in [-0.2, 0) is 4.79 Å². The summed E-state index contributed by atoms with van der Waals surface area (Å²) in [5.74, 6) is 0.942. The quantitative estimate of drug-likeness (QED) is 0.808. The van der Waals surface area contributed by atoms with Gasteiger partial charge in [0.05, 0.1) is 0 Å². The van der Waals surface area contributed by atoms with Crippen molar-refractivity contribution in [2.24, 2.45) is 5.92 Å². The summed E-state index contributed by atoms with van der Waals surface area (Å²) < 4.78 is 0. The molecule has 1 atom stereocenters. The van der Waals surface area contributed by atoms with Crippen LogP contribution >= 0.6 is 0 Å². The molecule has 2 N–H and O–H groups in total. The minimum absolute atomic E-state index is 0.116. The zero-order valence-electron chi connectivity index (χ0n) is 12.5. The van der Waals surface area contributed by atoms with E-state index in [-0.39, 0.29) is 5.91 Å². The van der Waals surface area contributed by atoms with Crippen LogP contribution in [0, 0.1) is 5.92 Å². The van der Waals surface area contributed by atoms with Crippen LogP contribution in [-0.4, -0.2) is 49.6 Å². The maximum absolute atomic E-state index is 11.1. The summed E-state index contributed by atoms with van der Waals surface area (Å²) in [4.78, 5) is 13.6. The molecule has 2 rings (SSSR count). The van der Waals surface area contributed by atoms with Crippen LogP contribution in [0.15, 0.2) is 0 Å². The van der Waals surface area contributed by atoms with E-state index in [1.54, 1.807) is 6.92 Å². The van der Waals surface area contributed by atoms with E-state index in [0.29, 0.717) is 12.1 Å². The van der Waals surface area contributed by atoms with Crippen molar-refractivity contribution >= 4 is 5.91 Å². The van der Waals surface area contributed by atoms with Gasteiger partial charge in [0.2, 0.25) is 5.91 Å². The molecule has 0 aromatic heterocycles. The lowest BCUT2D eigenvalue weighted by molar-refractivity contribution is -0.119. The minimum Gasteiger partial charge on any atom is -0.354 e. The monoisotopic (exact) mass is 267 g/mol. The highest BCUT2D eigenvalue weighted by atomic mass is 16.1. The van der Waals surface area contributed by atoms with Crippen LogP contribution in [0.3, 0.4) is 0 Å². The lowest BCUT2D eigenvalue weighted by Gasteiger charge is -2.37. The Labute approximate surface area is 117 Å². The van der Waals surface area contributed by atoms with Gasteiger partial charge in [-0.15, -0.1) is 0 Å². The summed E-state index contributed by atoms with van der Waals surface area (Å²) in [6, 6.07) is 1.13. The summed E-state index contributed by atoms with van der Waals surface area (Å²) in [5, 5.41) is 6.55.